The number of aromatic amines is 1. The quantitative estimate of drug-likeness (QED) is 0.187. The maximum absolute atomic E-state index is 17.3. The Balaban J connectivity index is 1.40. The van der Waals surface area contributed by atoms with E-state index in [4.69, 9.17) is 26.4 Å². The van der Waals surface area contributed by atoms with Crippen LogP contribution in [-0.2, 0) is 9.53 Å². The van der Waals surface area contributed by atoms with E-state index in [1.54, 1.807) is 24.3 Å². The smallest absolute Gasteiger partial charge is 0.246 e. The fraction of sp³-hybridized carbons (Fsp3) is 0.432. The third-order valence-corrected chi connectivity index (χ3v) is 11.1. The Morgan fingerprint density at radius 2 is 2.00 bits per heavy atom. The number of pyridine rings is 1. The number of methoxy groups -OCH3 is 1. The van der Waals surface area contributed by atoms with Crippen LogP contribution in [-0.4, -0.2) is 99.7 Å². The Labute approximate surface area is 295 Å². The summed E-state index contributed by atoms with van der Waals surface area (Å²) >= 11 is 7.08. The van der Waals surface area contributed by atoms with Gasteiger partial charge in [-0.3, -0.25) is 14.6 Å². The van der Waals surface area contributed by atoms with E-state index in [9.17, 15) is 10.1 Å². The van der Waals surface area contributed by atoms with Gasteiger partial charge in [-0.05, 0) is 71.0 Å². The molecule has 2 aliphatic rings. The molecule has 1 N–H and O–H groups in total. The van der Waals surface area contributed by atoms with Crippen LogP contribution < -0.4 is 4.90 Å². The van der Waals surface area contributed by atoms with Crippen LogP contribution in [0.5, 0.6) is 0 Å². The Hall–Kier alpha value is -4.57. The molecule has 0 radical (unpaired) electrons. The number of likely N-dealkylation sites (tertiary alicyclic amines) is 1. The molecule has 50 heavy (non-hydrogen) atoms. The largest absolute Gasteiger partial charge is 0.381 e. The number of carbonyl (C=O) groups is 1. The number of nitriles is 1. The topological polar surface area (TPSA) is 119 Å². The molecule has 7 rings (SSSR count). The molecule has 0 bridgehead atoms. The van der Waals surface area contributed by atoms with Gasteiger partial charge >= 0.3 is 0 Å². The molecule has 260 valence electrons. The highest BCUT2D eigenvalue weighted by Gasteiger charge is 2.43. The van der Waals surface area contributed by atoms with Crippen LogP contribution in [0.3, 0.4) is 0 Å². The predicted molar refractivity (Wildman–Crippen MR) is 194 cm³/mol. The number of H-pyrrole nitrogens is 1. The molecule has 2 fully saturated rings. The zero-order valence-corrected chi connectivity index (χ0v) is 30.0. The number of fused-ring (bicyclic) bond motifs is 4. The molecule has 1 amide bonds. The average molecular weight is 698 g/mol. The molecule has 2 aromatic carbocycles. The van der Waals surface area contributed by atoms with E-state index in [1.807, 2.05) is 36.9 Å². The second-order valence-corrected chi connectivity index (χ2v) is 14.5. The molecule has 5 heterocycles. The fourth-order valence-corrected chi connectivity index (χ4v) is 7.93. The van der Waals surface area contributed by atoms with Crippen molar-refractivity contribution in [2.75, 3.05) is 52.3 Å². The highest BCUT2D eigenvalue weighted by molar-refractivity contribution is 6.35. The van der Waals surface area contributed by atoms with Crippen molar-refractivity contribution in [3.8, 4) is 17.2 Å². The van der Waals surface area contributed by atoms with Crippen molar-refractivity contribution in [3.05, 3.63) is 58.6 Å². The summed E-state index contributed by atoms with van der Waals surface area (Å²) in [6, 6.07) is 5.63. The van der Waals surface area contributed by atoms with Gasteiger partial charge in [-0.15, -0.1) is 0 Å². The number of piperidine rings is 1. The summed E-state index contributed by atoms with van der Waals surface area (Å²) in [4.78, 5) is 24.3. The number of aromatic nitrogens is 5. The van der Waals surface area contributed by atoms with Gasteiger partial charge in [0.25, 0.3) is 0 Å². The first-order valence-corrected chi connectivity index (χ1v) is 17.2. The first-order valence-electron chi connectivity index (χ1n) is 16.8. The van der Waals surface area contributed by atoms with Gasteiger partial charge in [0.1, 0.15) is 11.3 Å². The van der Waals surface area contributed by atoms with Crippen LogP contribution in [0.15, 0.2) is 36.7 Å². The summed E-state index contributed by atoms with van der Waals surface area (Å²) in [6.45, 7) is 8.38. The lowest BCUT2D eigenvalue weighted by Crippen LogP contribution is -2.67. The van der Waals surface area contributed by atoms with E-state index in [1.165, 1.54) is 6.08 Å². The van der Waals surface area contributed by atoms with Gasteiger partial charge in [-0.2, -0.15) is 15.5 Å². The summed E-state index contributed by atoms with van der Waals surface area (Å²) < 4.78 is 24.3. The first-order chi connectivity index (χ1) is 24.0. The normalized spacial score (nSPS) is 19.3. The van der Waals surface area contributed by atoms with Crippen molar-refractivity contribution in [2.45, 2.75) is 57.7 Å². The van der Waals surface area contributed by atoms with E-state index < -0.39 is 5.82 Å². The van der Waals surface area contributed by atoms with Crippen molar-refractivity contribution in [3.63, 3.8) is 0 Å². The van der Waals surface area contributed by atoms with Gasteiger partial charge < -0.3 is 19.4 Å². The summed E-state index contributed by atoms with van der Waals surface area (Å²) in [5, 5.41) is 24.3. The molecular formula is C37H41ClFN9O2. The average Bonchev–Trinajstić information content (AvgIpc) is 3.73. The third-order valence-electron chi connectivity index (χ3n) is 10.8. The lowest BCUT2D eigenvalue weighted by Gasteiger charge is -2.52. The number of likely N-dealkylation sites (N-methyl/N-ethyl adjacent to an activating group) is 1. The SMILES string of the molecule is COC/C=C/C(=O)N1CC[C@H](n2ncc3c(N4CC(C)(N(C)C)C4)nc4c(F)c(-c5c(C)c(C)cc6[nH]ncc56)c(Cl)cc4c32)C[C@H]1CC#N. The highest BCUT2D eigenvalue weighted by Crippen LogP contribution is 2.45. The van der Waals surface area contributed by atoms with Crippen molar-refractivity contribution < 1.29 is 13.9 Å². The van der Waals surface area contributed by atoms with Crippen molar-refractivity contribution >= 4 is 56.0 Å². The Morgan fingerprint density at radius 1 is 1.22 bits per heavy atom. The van der Waals surface area contributed by atoms with Gasteiger partial charge in [0.05, 0.1) is 64.5 Å². The summed E-state index contributed by atoms with van der Waals surface area (Å²) in [5.41, 5.74) is 4.58. The Bertz CT molecular complexity index is 2210. The molecule has 2 atom stereocenters. The minimum absolute atomic E-state index is 0.0597. The molecule has 0 unspecified atom stereocenters. The number of anilines is 1. The van der Waals surface area contributed by atoms with Crippen LogP contribution >= 0.6 is 11.6 Å². The van der Waals surface area contributed by atoms with Crippen LogP contribution in [0.4, 0.5) is 10.2 Å². The number of hydrogen-bond acceptors (Lipinski definition) is 8. The number of amides is 1. The van der Waals surface area contributed by atoms with Crippen molar-refractivity contribution in [1.29, 1.82) is 5.26 Å². The molecule has 0 aliphatic carbocycles. The van der Waals surface area contributed by atoms with Crippen LogP contribution in [0.25, 0.3) is 43.8 Å². The number of ether oxygens (including phenoxy) is 1. The maximum atomic E-state index is 17.3. The molecule has 2 aliphatic heterocycles. The van der Waals surface area contributed by atoms with E-state index in [0.29, 0.717) is 48.3 Å². The third kappa shape index (κ3) is 5.48. The highest BCUT2D eigenvalue weighted by atomic mass is 35.5. The van der Waals surface area contributed by atoms with E-state index in [2.05, 4.69) is 47.1 Å². The number of carbonyl (C=O) groups excluding carboxylic acids is 1. The molecule has 11 nitrogen and oxygen atoms in total. The van der Waals surface area contributed by atoms with Gasteiger partial charge in [-0.1, -0.05) is 17.7 Å². The Morgan fingerprint density at radius 3 is 2.72 bits per heavy atom. The number of nitrogens with zero attached hydrogens (tertiary/aromatic N) is 8. The number of benzene rings is 2. The van der Waals surface area contributed by atoms with E-state index >= 15 is 4.39 Å². The molecule has 13 heteroatoms. The van der Waals surface area contributed by atoms with E-state index in [0.717, 1.165) is 46.0 Å². The zero-order chi connectivity index (χ0) is 35.5. The fourth-order valence-electron chi connectivity index (χ4n) is 7.65. The van der Waals surface area contributed by atoms with Crippen LogP contribution in [0.1, 0.15) is 43.4 Å². The van der Waals surface area contributed by atoms with Crippen LogP contribution in [0.2, 0.25) is 5.02 Å². The van der Waals surface area contributed by atoms with Crippen molar-refractivity contribution in [2.24, 2.45) is 0 Å². The maximum Gasteiger partial charge on any atom is 0.246 e. The number of halogens is 2. The number of nitrogens with one attached hydrogen (secondary N) is 1. The zero-order valence-electron chi connectivity index (χ0n) is 29.2. The Kier molecular flexibility index (Phi) is 8.78. The number of aryl methyl sites for hydroxylation is 1. The first kappa shape index (κ1) is 33.9. The predicted octanol–water partition coefficient (Wildman–Crippen LogP) is 6.33. The summed E-state index contributed by atoms with van der Waals surface area (Å²) in [6.07, 6.45) is 8.02. The van der Waals surface area contributed by atoms with Crippen LogP contribution in [0, 0.1) is 31.0 Å². The molecule has 2 saturated heterocycles. The van der Waals surface area contributed by atoms with Gasteiger partial charge in [0, 0.05) is 60.8 Å². The van der Waals surface area contributed by atoms with E-state index in [-0.39, 0.29) is 40.5 Å². The van der Waals surface area contributed by atoms with Gasteiger partial charge in [-0.25, -0.2) is 9.37 Å². The minimum Gasteiger partial charge on any atom is -0.381 e. The second-order valence-electron chi connectivity index (χ2n) is 14.1. The second kappa shape index (κ2) is 13.0. The standard InChI is InChI=1S/C37H41ClFN9O2/c1-21-14-29-26(17-41-44-29)31(22(21)2)32-28(38)16-25-34(33(32)39)43-36(46-19-37(3,20-46)45(4)5)27-18-42-48(35(25)27)24-10-12-47(23(15-24)9-11-40)30(49)8-7-13-50-6/h7-8,14,16-18,23-24H,9-10,12-13,15,19-20H2,1-6H3,(H,41,44)/b8-7+/t23-,24+/m1/s1. The molecular weight excluding hydrogens is 657 g/mol. The van der Waals surface area contributed by atoms with Gasteiger partial charge in [0.15, 0.2) is 5.82 Å². The molecule has 5 aromatic rings. The monoisotopic (exact) mass is 697 g/mol. The number of hydrogen-bond donors (Lipinski definition) is 1. The molecule has 0 saturated carbocycles. The summed E-state index contributed by atoms with van der Waals surface area (Å²) in [7, 11) is 5.70. The van der Waals surface area contributed by atoms with Crippen molar-refractivity contribution in [1.82, 2.24) is 34.8 Å². The lowest BCUT2D eigenvalue weighted by atomic mass is 9.90. The van der Waals surface area contributed by atoms with Gasteiger partial charge in [0.2, 0.25) is 5.91 Å². The molecule has 0 spiro atoms. The summed E-state index contributed by atoms with van der Waals surface area (Å²) in [5.74, 6) is 0.0227. The number of rotatable bonds is 8. The lowest BCUT2D eigenvalue weighted by molar-refractivity contribution is -0.130. The molecule has 3 aromatic heterocycles. The minimum atomic E-state index is -0.499.